The van der Waals surface area contributed by atoms with Gasteiger partial charge >= 0.3 is 5.97 Å². The van der Waals surface area contributed by atoms with Crippen LogP contribution in [0.25, 0.3) is 0 Å². The molecule has 0 radical (unpaired) electrons. The second-order valence-corrected chi connectivity index (χ2v) is 9.62. The molecule has 0 bridgehead atoms. The minimum atomic E-state index is -3.28. The van der Waals surface area contributed by atoms with Crippen molar-refractivity contribution in [1.29, 1.82) is 0 Å². The van der Waals surface area contributed by atoms with E-state index in [1.807, 2.05) is 14.1 Å². The van der Waals surface area contributed by atoms with Crippen LogP contribution in [-0.2, 0) is 10.9 Å². The number of carboxylic acid groups (broad SMARTS) is 1. The number of halogens is 1. The maximum absolute atomic E-state index is 14.0. The molecule has 178 valence electrons. The molecule has 2 unspecified atom stereocenters. The van der Waals surface area contributed by atoms with Gasteiger partial charge in [-0.15, -0.1) is 0 Å². The lowest BCUT2D eigenvalue weighted by Gasteiger charge is -2.26. The van der Waals surface area contributed by atoms with Gasteiger partial charge in [-0.3, -0.25) is 0 Å². The topological polar surface area (TPSA) is 99.2 Å². The van der Waals surface area contributed by atoms with Gasteiger partial charge in [0.1, 0.15) is 17.1 Å². The van der Waals surface area contributed by atoms with Crippen LogP contribution in [0.2, 0.25) is 0 Å². The zero-order chi connectivity index (χ0) is 23.7. The van der Waals surface area contributed by atoms with E-state index in [4.69, 9.17) is 4.74 Å². The zero-order valence-electron chi connectivity index (χ0n) is 18.6. The van der Waals surface area contributed by atoms with E-state index < -0.39 is 22.7 Å². The van der Waals surface area contributed by atoms with Crippen LogP contribution < -0.4 is 14.4 Å². The minimum Gasteiger partial charge on any atom is -0.492 e. The summed E-state index contributed by atoms with van der Waals surface area (Å²) >= 11 is 0. The SMILES string of the molecule is CN(C)CCCCNc1cc(F)ccc1N(c1ccc2c(c1C(=O)O)OCC1CC21)[SH](=O)=O. The van der Waals surface area contributed by atoms with Crippen molar-refractivity contribution in [2.45, 2.75) is 25.2 Å². The van der Waals surface area contributed by atoms with Gasteiger partial charge < -0.3 is 20.1 Å². The Balaban J connectivity index is 1.71. The van der Waals surface area contributed by atoms with Crippen LogP contribution in [0.1, 0.15) is 41.1 Å². The summed E-state index contributed by atoms with van der Waals surface area (Å²) in [6.07, 6.45) is 2.65. The van der Waals surface area contributed by atoms with Gasteiger partial charge in [-0.05, 0) is 75.6 Å². The van der Waals surface area contributed by atoms with Gasteiger partial charge in [0.05, 0.1) is 23.7 Å². The summed E-state index contributed by atoms with van der Waals surface area (Å²) in [5.74, 6) is -0.940. The van der Waals surface area contributed by atoms with E-state index in [2.05, 4.69) is 10.2 Å². The Kier molecular flexibility index (Phi) is 6.76. The van der Waals surface area contributed by atoms with Gasteiger partial charge in [0.25, 0.3) is 0 Å². The van der Waals surface area contributed by atoms with Crippen molar-refractivity contribution < 1.29 is 27.4 Å². The lowest BCUT2D eigenvalue weighted by molar-refractivity contribution is 0.0692. The van der Waals surface area contributed by atoms with Gasteiger partial charge in [0.15, 0.2) is 0 Å². The summed E-state index contributed by atoms with van der Waals surface area (Å²) in [4.78, 5) is 14.3. The first kappa shape index (κ1) is 23.3. The number of hydrogen-bond donors (Lipinski definition) is 3. The van der Waals surface area contributed by atoms with Crippen LogP contribution in [0.4, 0.5) is 21.5 Å². The fourth-order valence-corrected chi connectivity index (χ4v) is 5.03. The Morgan fingerprint density at radius 2 is 1.97 bits per heavy atom. The number of rotatable bonds is 10. The zero-order valence-corrected chi connectivity index (χ0v) is 19.5. The van der Waals surface area contributed by atoms with Crippen LogP contribution in [0.15, 0.2) is 30.3 Å². The third kappa shape index (κ3) is 4.91. The molecule has 0 aromatic heterocycles. The van der Waals surface area contributed by atoms with Crippen molar-refractivity contribution >= 4 is 33.9 Å². The summed E-state index contributed by atoms with van der Waals surface area (Å²) < 4.78 is 45.5. The first-order valence-electron chi connectivity index (χ1n) is 10.9. The maximum Gasteiger partial charge on any atom is 0.341 e. The van der Waals surface area contributed by atoms with Crippen molar-refractivity contribution in [2.24, 2.45) is 5.92 Å². The second kappa shape index (κ2) is 9.56. The van der Waals surface area contributed by atoms with Gasteiger partial charge in [0, 0.05) is 12.5 Å². The van der Waals surface area contributed by atoms with Crippen LogP contribution in [-0.4, -0.2) is 58.2 Å². The molecule has 0 amide bonds. The highest BCUT2D eigenvalue weighted by atomic mass is 32.2. The number of carbonyl (C=O) groups is 1. The summed E-state index contributed by atoms with van der Waals surface area (Å²) in [5.41, 5.74) is 1.00. The molecule has 0 spiro atoms. The molecular weight excluding hydrogens is 449 g/mol. The molecule has 1 fully saturated rings. The number of thiol groups is 1. The summed E-state index contributed by atoms with van der Waals surface area (Å²) in [6.45, 7) is 1.83. The smallest absolute Gasteiger partial charge is 0.341 e. The van der Waals surface area contributed by atoms with Crippen LogP contribution in [0.3, 0.4) is 0 Å². The van der Waals surface area contributed by atoms with Crippen molar-refractivity contribution in [1.82, 2.24) is 4.90 Å². The highest BCUT2D eigenvalue weighted by Gasteiger charge is 2.45. The van der Waals surface area contributed by atoms with Crippen molar-refractivity contribution in [3.8, 4) is 5.75 Å². The predicted octanol–water partition coefficient (Wildman–Crippen LogP) is 3.44. The molecule has 4 rings (SSSR count). The Morgan fingerprint density at radius 3 is 2.67 bits per heavy atom. The van der Waals surface area contributed by atoms with E-state index in [1.54, 1.807) is 6.07 Å². The molecule has 10 heteroatoms. The Morgan fingerprint density at radius 1 is 1.21 bits per heavy atom. The molecule has 2 atom stereocenters. The second-order valence-electron chi connectivity index (χ2n) is 8.74. The predicted molar refractivity (Wildman–Crippen MR) is 125 cm³/mol. The average Bonchev–Trinajstić information content (AvgIpc) is 3.54. The molecule has 1 aliphatic carbocycles. The van der Waals surface area contributed by atoms with Crippen molar-refractivity contribution in [3.05, 3.63) is 47.3 Å². The number of nitrogens with one attached hydrogen (secondary N) is 1. The molecule has 1 aliphatic heterocycles. The Bertz CT molecular complexity index is 1130. The van der Waals surface area contributed by atoms with E-state index in [0.29, 0.717) is 19.1 Å². The van der Waals surface area contributed by atoms with E-state index in [0.717, 1.165) is 41.7 Å². The number of fused-ring (bicyclic) bond motifs is 3. The lowest BCUT2D eigenvalue weighted by atomic mass is 10.00. The third-order valence-electron chi connectivity index (χ3n) is 6.07. The standard InChI is InChI=1S/C23H28FN3O5S/c1-26(2)10-4-3-9-25-18-12-15(24)5-7-19(18)27(33(30)31)20-8-6-16-17-11-14(17)13-32-22(16)21(20)23(28)29/h5-8,12,14,17,25,33H,3-4,9-11,13H2,1-2H3,(H,28,29). The number of ether oxygens (including phenoxy) is 1. The van der Waals surface area contributed by atoms with Gasteiger partial charge in [0.2, 0.25) is 10.9 Å². The monoisotopic (exact) mass is 477 g/mol. The molecule has 1 saturated carbocycles. The van der Waals surface area contributed by atoms with Gasteiger partial charge in [-0.2, -0.15) is 0 Å². The molecule has 2 aromatic rings. The molecule has 2 aliphatic rings. The number of benzene rings is 2. The van der Waals surface area contributed by atoms with Crippen molar-refractivity contribution in [3.63, 3.8) is 0 Å². The van der Waals surface area contributed by atoms with E-state index in [9.17, 15) is 22.7 Å². The summed E-state index contributed by atoms with van der Waals surface area (Å²) in [5, 5.41) is 13.1. The minimum absolute atomic E-state index is 0.0290. The highest BCUT2D eigenvalue weighted by molar-refractivity contribution is 7.74. The number of anilines is 3. The molecule has 1 heterocycles. The number of nitrogens with zero attached hydrogens (tertiary/aromatic N) is 2. The van der Waals surface area contributed by atoms with Crippen LogP contribution in [0.5, 0.6) is 5.75 Å². The molecule has 33 heavy (non-hydrogen) atoms. The third-order valence-corrected chi connectivity index (χ3v) is 6.83. The largest absolute Gasteiger partial charge is 0.492 e. The van der Waals surface area contributed by atoms with Gasteiger partial charge in [-0.25, -0.2) is 21.9 Å². The number of aromatic carboxylic acids is 1. The highest BCUT2D eigenvalue weighted by Crippen LogP contribution is 2.56. The molecule has 8 nitrogen and oxygen atoms in total. The number of carboxylic acids is 1. The van der Waals surface area contributed by atoms with E-state index in [-0.39, 0.29) is 34.3 Å². The molecular formula is C23H28FN3O5S. The normalized spacial score (nSPS) is 18.5. The fraction of sp³-hybridized carbons (Fsp3) is 0.435. The van der Waals surface area contributed by atoms with Crippen molar-refractivity contribution in [2.75, 3.05) is 43.4 Å². The Hall–Kier alpha value is -2.85. The average molecular weight is 478 g/mol. The first-order valence-corrected chi connectivity index (χ1v) is 12.1. The number of unbranched alkanes of at least 4 members (excludes halogenated alkanes) is 1. The Labute approximate surface area is 194 Å². The number of hydrogen-bond acceptors (Lipinski definition) is 6. The fourth-order valence-electron chi connectivity index (χ4n) is 4.34. The maximum atomic E-state index is 14.0. The summed E-state index contributed by atoms with van der Waals surface area (Å²) in [6, 6.07) is 6.96. The van der Waals surface area contributed by atoms with Crippen LogP contribution in [0, 0.1) is 11.7 Å². The first-order chi connectivity index (χ1) is 15.8. The van der Waals surface area contributed by atoms with Crippen LogP contribution >= 0.6 is 0 Å². The lowest BCUT2D eigenvalue weighted by Crippen LogP contribution is -2.22. The van der Waals surface area contributed by atoms with Gasteiger partial charge in [-0.1, -0.05) is 6.07 Å². The van der Waals surface area contributed by atoms with E-state index >= 15 is 0 Å². The quantitative estimate of drug-likeness (QED) is 0.356. The molecule has 0 saturated heterocycles. The van der Waals surface area contributed by atoms with E-state index in [1.165, 1.54) is 18.2 Å². The molecule has 2 N–H and O–H groups in total. The summed E-state index contributed by atoms with van der Waals surface area (Å²) in [7, 11) is 0.675. The molecule has 2 aromatic carbocycles.